The predicted molar refractivity (Wildman–Crippen MR) is 81.0 cm³/mol. The van der Waals surface area contributed by atoms with Gasteiger partial charge in [0.05, 0.1) is 5.41 Å². The molecule has 122 valence electrons. The number of alkyl halides is 3. The summed E-state index contributed by atoms with van der Waals surface area (Å²) in [6, 6.07) is 0. The second-order valence-corrected chi connectivity index (χ2v) is 7.28. The molecule has 0 nitrogen and oxygen atoms in total. The Morgan fingerprint density at radius 2 is 1.52 bits per heavy atom. The molecule has 0 amide bonds. The highest BCUT2D eigenvalue weighted by Crippen LogP contribution is 2.55. The van der Waals surface area contributed by atoms with E-state index in [9.17, 15) is 13.2 Å². The van der Waals surface area contributed by atoms with Crippen molar-refractivity contribution in [2.45, 2.75) is 77.3 Å². The van der Waals surface area contributed by atoms with E-state index in [1.165, 1.54) is 25.7 Å². The van der Waals surface area contributed by atoms with Crippen LogP contribution in [-0.4, -0.2) is 6.18 Å². The van der Waals surface area contributed by atoms with Crippen LogP contribution >= 0.6 is 0 Å². The fraction of sp³-hybridized carbons (Fsp3) is 0.889. The molecule has 0 aromatic rings. The Balaban J connectivity index is 1.91. The molecule has 2 rings (SSSR count). The lowest BCUT2D eigenvalue weighted by Gasteiger charge is -2.44. The topological polar surface area (TPSA) is 0 Å². The number of halogens is 3. The molecule has 0 atom stereocenters. The average molecular weight is 302 g/mol. The van der Waals surface area contributed by atoms with E-state index in [-0.39, 0.29) is 0 Å². The Bertz CT molecular complexity index is 329. The lowest BCUT2D eigenvalue weighted by Crippen LogP contribution is -2.42. The zero-order valence-electron chi connectivity index (χ0n) is 13.2. The molecule has 2 fully saturated rings. The first kappa shape index (κ1) is 16.9. The van der Waals surface area contributed by atoms with E-state index in [4.69, 9.17) is 0 Å². The van der Waals surface area contributed by atoms with Crippen molar-refractivity contribution in [1.82, 2.24) is 0 Å². The van der Waals surface area contributed by atoms with Crippen LogP contribution < -0.4 is 0 Å². The molecule has 2 aliphatic carbocycles. The monoisotopic (exact) mass is 302 g/mol. The van der Waals surface area contributed by atoms with Crippen molar-refractivity contribution >= 4 is 0 Å². The Morgan fingerprint density at radius 1 is 1.00 bits per heavy atom. The minimum atomic E-state index is -4.02. The van der Waals surface area contributed by atoms with E-state index in [0.29, 0.717) is 43.4 Å². The van der Waals surface area contributed by atoms with Gasteiger partial charge in [0.25, 0.3) is 0 Å². The molecular weight excluding hydrogens is 273 g/mol. The van der Waals surface area contributed by atoms with Gasteiger partial charge in [-0.05, 0) is 75.5 Å². The normalized spacial score (nSPS) is 38.2. The second kappa shape index (κ2) is 6.75. The SMILES string of the molecule is C=CC1CCC(C2CCC(CCC)(C(F)(F)F)CC2)CC1. The van der Waals surface area contributed by atoms with Crippen molar-refractivity contribution in [3.63, 3.8) is 0 Å². The van der Waals surface area contributed by atoms with Crippen molar-refractivity contribution in [3.05, 3.63) is 12.7 Å². The molecular formula is C18H29F3. The number of allylic oxidation sites excluding steroid dienone is 1. The first-order valence-corrected chi connectivity index (χ1v) is 8.61. The third-order valence-electron chi connectivity index (χ3n) is 6.13. The summed E-state index contributed by atoms with van der Waals surface area (Å²) in [5.41, 5.74) is -1.38. The third-order valence-corrected chi connectivity index (χ3v) is 6.13. The molecule has 3 heteroatoms. The summed E-state index contributed by atoms with van der Waals surface area (Å²) >= 11 is 0. The lowest BCUT2D eigenvalue weighted by molar-refractivity contribution is -0.241. The minimum absolute atomic E-state index is 0.312. The maximum absolute atomic E-state index is 13.4. The van der Waals surface area contributed by atoms with Crippen LogP contribution in [0.25, 0.3) is 0 Å². The van der Waals surface area contributed by atoms with Gasteiger partial charge in [-0.2, -0.15) is 13.2 Å². The largest absolute Gasteiger partial charge is 0.394 e. The first-order valence-electron chi connectivity index (χ1n) is 8.61. The van der Waals surface area contributed by atoms with E-state index in [0.717, 1.165) is 12.8 Å². The quantitative estimate of drug-likeness (QED) is 0.519. The van der Waals surface area contributed by atoms with Gasteiger partial charge in [-0.15, -0.1) is 6.58 Å². The molecule has 0 aromatic carbocycles. The van der Waals surface area contributed by atoms with E-state index in [1.807, 2.05) is 13.0 Å². The fourth-order valence-corrected chi connectivity index (χ4v) is 4.67. The van der Waals surface area contributed by atoms with Crippen LogP contribution in [-0.2, 0) is 0 Å². The Labute approximate surface area is 127 Å². The highest BCUT2D eigenvalue weighted by Gasteiger charge is 2.55. The van der Waals surface area contributed by atoms with E-state index < -0.39 is 11.6 Å². The van der Waals surface area contributed by atoms with Crippen LogP contribution in [0.1, 0.15) is 71.1 Å². The standard InChI is InChI=1S/C18H29F3/c1-3-11-17(18(19,20)21)12-9-16(10-13-17)15-7-5-14(4-2)6-8-15/h4,14-16H,2-3,5-13H2,1H3. The van der Waals surface area contributed by atoms with Gasteiger partial charge in [0.15, 0.2) is 0 Å². The summed E-state index contributed by atoms with van der Waals surface area (Å²) in [7, 11) is 0. The van der Waals surface area contributed by atoms with Crippen molar-refractivity contribution in [1.29, 1.82) is 0 Å². The van der Waals surface area contributed by atoms with Crippen LogP contribution in [0.2, 0.25) is 0 Å². The van der Waals surface area contributed by atoms with Crippen molar-refractivity contribution in [2.24, 2.45) is 23.2 Å². The molecule has 0 aliphatic heterocycles. The maximum atomic E-state index is 13.4. The maximum Gasteiger partial charge on any atom is 0.394 e. The molecule has 0 saturated heterocycles. The summed E-state index contributed by atoms with van der Waals surface area (Å²) in [6.07, 6.45) is 6.00. The summed E-state index contributed by atoms with van der Waals surface area (Å²) in [5.74, 6) is 1.83. The molecule has 21 heavy (non-hydrogen) atoms. The average Bonchev–Trinajstić information content (AvgIpc) is 2.47. The van der Waals surface area contributed by atoms with Gasteiger partial charge in [0.2, 0.25) is 0 Å². The van der Waals surface area contributed by atoms with Crippen LogP contribution in [0.5, 0.6) is 0 Å². The van der Waals surface area contributed by atoms with Crippen LogP contribution in [0, 0.1) is 23.2 Å². The van der Waals surface area contributed by atoms with E-state index in [2.05, 4.69) is 6.58 Å². The fourth-order valence-electron chi connectivity index (χ4n) is 4.67. The second-order valence-electron chi connectivity index (χ2n) is 7.28. The molecule has 0 aromatic heterocycles. The zero-order chi connectivity index (χ0) is 15.5. The van der Waals surface area contributed by atoms with Crippen LogP contribution in [0.3, 0.4) is 0 Å². The number of hydrogen-bond donors (Lipinski definition) is 0. The van der Waals surface area contributed by atoms with Gasteiger partial charge in [-0.3, -0.25) is 0 Å². The lowest BCUT2D eigenvalue weighted by atomic mass is 9.63. The molecule has 0 bridgehead atoms. The molecule has 2 aliphatic rings. The summed E-state index contributed by atoms with van der Waals surface area (Å²) in [6.45, 7) is 5.73. The predicted octanol–water partition coefficient (Wildman–Crippen LogP) is 6.52. The van der Waals surface area contributed by atoms with Gasteiger partial charge >= 0.3 is 6.18 Å². The summed E-state index contributed by atoms with van der Waals surface area (Å²) < 4.78 is 40.3. The van der Waals surface area contributed by atoms with E-state index >= 15 is 0 Å². The van der Waals surface area contributed by atoms with Gasteiger partial charge in [-0.1, -0.05) is 19.4 Å². The summed E-state index contributed by atoms with van der Waals surface area (Å²) in [4.78, 5) is 0. The molecule has 0 N–H and O–H groups in total. The molecule has 0 unspecified atom stereocenters. The number of hydrogen-bond acceptors (Lipinski definition) is 0. The zero-order valence-corrected chi connectivity index (χ0v) is 13.2. The van der Waals surface area contributed by atoms with Crippen molar-refractivity contribution in [2.75, 3.05) is 0 Å². The molecule has 0 heterocycles. The van der Waals surface area contributed by atoms with Crippen LogP contribution in [0.15, 0.2) is 12.7 Å². The van der Waals surface area contributed by atoms with Crippen LogP contribution in [0.4, 0.5) is 13.2 Å². The van der Waals surface area contributed by atoms with E-state index in [1.54, 1.807) is 0 Å². The van der Waals surface area contributed by atoms with Gasteiger partial charge in [0, 0.05) is 0 Å². The Kier molecular flexibility index (Phi) is 5.43. The Hall–Kier alpha value is -0.470. The van der Waals surface area contributed by atoms with Gasteiger partial charge in [0.1, 0.15) is 0 Å². The molecule has 0 radical (unpaired) electrons. The van der Waals surface area contributed by atoms with Gasteiger partial charge in [-0.25, -0.2) is 0 Å². The van der Waals surface area contributed by atoms with Crippen molar-refractivity contribution < 1.29 is 13.2 Å². The molecule has 2 saturated carbocycles. The first-order chi connectivity index (χ1) is 9.92. The summed E-state index contributed by atoms with van der Waals surface area (Å²) in [5, 5.41) is 0. The Morgan fingerprint density at radius 3 is 1.95 bits per heavy atom. The highest BCUT2D eigenvalue weighted by molar-refractivity contribution is 4.94. The smallest absolute Gasteiger partial charge is 0.171 e. The third kappa shape index (κ3) is 3.65. The highest BCUT2D eigenvalue weighted by atomic mass is 19.4. The number of rotatable bonds is 4. The van der Waals surface area contributed by atoms with Gasteiger partial charge < -0.3 is 0 Å². The van der Waals surface area contributed by atoms with Crippen molar-refractivity contribution in [3.8, 4) is 0 Å². The molecule has 0 spiro atoms. The minimum Gasteiger partial charge on any atom is -0.171 e.